The van der Waals surface area contributed by atoms with Crippen molar-refractivity contribution in [2.45, 2.75) is 52.4 Å². The van der Waals surface area contributed by atoms with Gasteiger partial charge >= 0.3 is 0 Å². The Morgan fingerprint density at radius 1 is 1.28 bits per heavy atom. The van der Waals surface area contributed by atoms with Gasteiger partial charge in [0, 0.05) is 23.9 Å². The van der Waals surface area contributed by atoms with E-state index >= 15 is 0 Å². The molecule has 0 unspecified atom stereocenters. The van der Waals surface area contributed by atoms with E-state index in [1.54, 1.807) is 12.4 Å². The van der Waals surface area contributed by atoms with Crippen molar-refractivity contribution in [2.75, 3.05) is 0 Å². The van der Waals surface area contributed by atoms with Gasteiger partial charge in [0.2, 0.25) is 0 Å². The molecule has 18 heavy (non-hydrogen) atoms. The zero-order chi connectivity index (χ0) is 13.0. The maximum atomic E-state index is 12.4. The number of nitrogens with zero attached hydrogens (tertiary/aromatic N) is 1. The molecule has 2 nitrogen and oxygen atoms in total. The first kappa shape index (κ1) is 13.3. The number of hydrogen-bond donors (Lipinski definition) is 0. The maximum absolute atomic E-state index is 12.4. The van der Waals surface area contributed by atoms with Gasteiger partial charge in [-0.1, -0.05) is 19.8 Å². The van der Waals surface area contributed by atoms with Gasteiger partial charge in [-0.3, -0.25) is 9.78 Å². The van der Waals surface area contributed by atoms with Crippen LogP contribution < -0.4 is 0 Å². The van der Waals surface area contributed by atoms with Gasteiger partial charge in [0.15, 0.2) is 5.78 Å². The van der Waals surface area contributed by atoms with Crippen molar-refractivity contribution < 1.29 is 4.79 Å². The van der Waals surface area contributed by atoms with Gasteiger partial charge in [0.25, 0.3) is 0 Å². The summed E-state index contributed by atoms with van der Waals surface area (Å²) in [4.78, 5) is 16.5. The average molecular weight is 245 g/mol. The minimum absolute atomic E-state index is 0.238. The van der Waals surface area contributed by atoms with E-state index in [-0.39, 0.29) is 5.92 Å². The molecular weight excluding hydrogens is 222 g/mol. The molecule has 0 N–H and O–H groups in total. The van der Waals surface area contributed by atoms with Gasteiger partial charge in [-0.2, -0.15) is 0 Å². The Morgan fingerprint density at radius 2 is 2.00 bits per heavy atom. The first-order chi connectivity index (χ1) is 8.70. The molecule has 0 bridgehead atoms. The Kier molecular flexibility index (Phi) is 4.51. The Hall–Kier alpha value is -1.18. The second-order valence-electron chi connectivity index (χ2n) is 5.62. The van der Waals surface area contributed by atoms with E-state index < -0.39 is 0 Å². The lowest BCUT2D eigenvalue weighted by Crippen LogP contribution is -2.22. The van der Waals surface area contributed by atoms with E-state index in [1.807, 2.05) is 13.0 Å². The predicted octanol–water partition coefficient (Wildman–Crippen LogP) is 4.18. The van der Waals surface area contributed by atoms with E-state index in [4.69, 9.17) is 0 Å². The van der Waals surface area contributed by atoms with Gasteiger partial charge in [0.1, 0.15) is 0 Å². The van der Waals surface area contributed by atoms with Crippen molar-refractivity contribution in [3.05, 3.63) is 29.6 Å². The minimum Gasteiger partial charge on any atom is -0.294 e. The number of rotatable bonds is 4. The molecule has 1 saturated carbocycles. The highest BCUT2D eigenvalue weighted by Crippen LogP contribution is 2.33. The number of ketones is 1. The summed E-state index contributed by atoms with van der Waals surface area (Å²) in [5.41, 5.74) is 1.87. The molecule has 1 aliphatic carbocycles. The first-order valence-corrected chi connectivity index (χ1v) is 7.16. The molecule has 0 aromatic carbocycles. The van der Waals surface area contributed by atoms with Gasteiger partial charge < -0.3 is 0 Å². The molecule has 0 radical (unpaired) electrons. The van der Waals surface area contributed by atoms with Crippen molar-refractivity contribution in [2.24, 2.45) is 11.8 Å². The fraction of sp³-hybridized carbons (Fsp3) is 0.625. The van der Waals surface area contributed by atoms with Crippen LogP contribution in [0, 0.1) is 18.8 Å². The van der Waals surface area contributed by atoms with Crippen molar-refractivity contribution in [1.29, 1.82) is 0 Å². The van der Waals surface area contributed by atoms with E-state index in [0.717, 1.165) is 29.9 Å². The quantitative estimate of drug-likeness (QED) is 0.745. The summed E-state index contributed by atoms with van der Waals surface area (Å²) in [6, 6.07) is 1.97. The fourth-order valence-electron chi connectivity index (χ4n) is 3.05. The van der Waals surface area contributed by atoms with Crippen LogP contribution in [0.15, 0.2) is 18.5 Å². The van der Waals surface area contributed by atoms with Crippen LogP contribution in [-0.2, 0) is 0 Å². The van der Waals surface area contributed by atoms with Gasteiger partial charge in [-0.25, -0.2) is 0 Å². The Morgan fingerprint density at radius 3 is 2.61 bits per heavy atom. The molecule has 0 amide bonds. The van der Waals surface area contributed by atoms with Crippen LogP contribution in [0.4, 0.5) is 0 Å². The molecule has 1 aromatic rings. The number of aryl methyl sites for hydroxylation is 1. The minimum atomic E-state index is 0.238. The number of aromatic nitrogens is 1. The predicted molar refractivity (Wildman–Crippen MR) is 73.7 cm³/mol. The molecule has 1 heterocycles. The molecular formula is C16H23NO. The second kappa shape index (κ2) is 6.12. The molecule has 2 heteroatoms. The summed E-state index contributed by atoms with van der Waals surface area (Å²) in [7, 11) is 0. The van der Waals surface area contributed by atoms with E-state index in [0.29, 0.717) is 5.78 Å². The summed E-state index contributed by atoms with van der Waals surface area (Å²) in [6.07, 6.45) is 10.7. The maximum Gasteiger partial charge on any atom is 0.167 e. The SMILES string of the molecule is CCCC1CCC(C(=O)c2cncc(C)c2)CC1. The number of Topliss-reactive ketones (excluding diaryl/α,β-unsaturated/α-hetero) is 1. The summed E-state index contributed by atoms with van der Waals surface area (Å²) in [5, 5.41) is 0. The highest BCUT2D eigenvalue weighted by molar-refractivity contribution is 5.97. The first-order valence-electron chi connectivity index (χ1n) is 7.16. The van der Waals surface area contributed by atoms with Crippen molar-refractivity contribution in [3.8, 4) is 0 Å². The van der Waals surface area contributed by atoms with Crippen molar-refractivity contribution in [1.82, 2.24) is 4.98 Å². The fourth-order valence-corrected chi connectivity index (χ4v) is 3.05. The van der Waals surface area contributed by atoms with E-state index in [1.165, 1.54) is 25.7 Å². The van der Waals surface area contributed by atoms with Crippen LogP contribution in [0.3, 0.4) is 0 Å². The Bertz CT molecular complexity index is 405. The highest BCUT2D eigenvalue weighted by Gasteiger charge is 2.26. The van der Waals surface area contributed by atoms with E-state index in [9.17, 15) is 4.79 Å². The standard InChI is InChI=1S/C16H23NO/c1-3-4-13-5-7-14(8-6-13)16(18)15-9-12(2)10-17-11-15/h9-11,13-14H,3-8H2,1-2H3. The molecule has 2 rings (SSSR count). The molecule has 0 atom stereocenters. The Labute approximate surface area is 110 Å². The molecule has 0 aliphatic heterocycles. The third kappa shape index (κ3) is 3.18. The molecule has 98 valence electrons. The summed E-state index contributed by atoms with van der Waals surface area (Å²) < 4.78 is 0. The lowest BCUT2D eigenvalue weighted by molar-refractivity contribution is 0.0869. The molecule has 1 aliphatic rings. The van der Waals surface area contributed by atoms with Crippen LogP contribution in [0.1, 0.15) is 61.4 Å². The van der Waals surface area contributed by atoms with Gasteiger partial charge in [-0.15, -0.1) is 0 Å². The summed E-state index contributed by atoms with van der Waals surface area (Å²) >= 11 is 0. The monoisotopic (exact) mass is 245 g/mol. The summed E-state index contributed by atoms with van der Waals surface area (Å²) in [6.45, 7) is 4.23. The van der Waals surface area contributed by atoms with Crippen molar-refractivity contribution >= 4 is 5.78 Å². The van der Waals surface area contributed by atoms with Crippen LogP contribution in [-0.4, -0.2) is 10.8 Å². The third-order valence-electron chi connectivity index (χ3n) is 4.07. The molecule has 0 spiro atoms. The Balaban J connectivity index is 1.95. The molecule has 1 aromatic heterocycles. The zero-order valence-corrected chi connectivity index (χ0v) is 11.5. The summed E-state index contributed by atoms with van der Waals surface area (Å²) in [5.74, 6) is 1.40. The molecule has 0 saturated heterocycles. The largest absolute Gasteiger partial charge is 0.294 e. The number of pyridine rings is 1. The number of carbonyl (C=O) groups is 1. The zero-order valence-electron chi connectivity index (χ0n) is 11.5. The van der Waals surface area contributed by atoms with Gasteiger partial charge in [0.05, 0.1) is 0 Å². The number of carbonyl (C=O) groups excluding carboxylic acids is 1. The lowest BCUT2D eigenvalue weighted by atomic mass is 9.77. The second-order valence-corrected chi connectivity index (χ2v) is 5.62. The highest BCUT2D eigenvalue weighted by atomic mass is 16.1. The lowest BCUT2D eigenvalue weighted by Gasteiger charge is -2.27. The van der Waals surface area contributed by atoms with Crippen LogP contribution in [0.25, 0.3) is 0 Å². The van der Waals surface area contributed by atoms with Gasteiger partial charge in [-0.05, 0) is 50.2 Å². The van der Waals surface area contributed by atoms with Crippen LogP contribution in [0.5, 0.6) is 0 Å². The van der Waals surface area contributed by atoms with E-state index in [2.05, 4.69) is 11.9 Å². The third-order valence-corrected chi connectivity index (χ3v) is 4.07. The van der Waals surface area contributed by atoms with Crippen LogP contribution >= 0.6 is 0 Å². The average Bonchev–Trinajstić information content (AvgIpc) is 2.39. The topological polar surface area (TPSA) is 30.0 Å². The smallest absolute Gasteiger partial charge is 0.167 e. The van der Waals surface area contributed by atoms with Crippen molar-refractivity contribution in [3.63, 3.8) is 0 Å². The number of hydrogen-bond acceptors (Lipinski definition) is 2. The van der Waals surface area contributed by atoms with Crippen LogP contribution in [0.2, 0.25) is 0 Å². The molecule has 1 fully saturated rings. The normalized spacial score (nSPS) is 23.9.